The van der Waals surface area contributed by atoms with Gasteiger partial charge in [-0.25, -0.2) is 4.39 Å². The Hall–Kier alpha value is -1.56. The van der Waals surface area contributed by atoms with Crippen LogP contribution in [0.2, 0.25) is 5.02 Å². The van der Waals surface area contributed by atoms with Crippen molar-refractivity contribution >= 4 is 24.2 Å². The highest BCUT2D eigenvalue weighted by Gasteiger charge is 2.17. The molecule has 0 fully saturated rings. The van der Waals surface area contributed by atoms with Crippen LogP contribution in [0.15, 0.2) is 30.3 Å². The molecule has 0 bridgehead atoms. The maximum Gasteiger partial charge on any atom is 0.488 e. The van der Waals surface area contributed by atoms with Crippen molar-refractivity contribution in [2.45, 2.75) is 20.5 Å². The molecule has 0 amide bonds. The second kappa shape index (κ2) is 6.47. The van der Waals surface area contributed by atoms with Crippen molar-refractivity contribution in [1.82, 2.24) is 0 Å². The third kappa shape index (κ3) is 3.76. The standard InChI is InChI=1S/C15H15BClFO3/c1-9-5-13(6-10(2)15(9)17)21-8-11-3-4-12(18)7-14(11)16(19)20/h3-7,19-20H,8H2,1-2H3. The van der Waals surface area contributed by atoms with Crippen molar-refractivity contribution in [2.24, 2.45) is 0 Å². The Morgan fingerprint density at radius 3 is 2.33 bits per heavy atom. The van der Waals surface area contributed by atoms with Gasteiger partial charge in [0.1, 0.15) is 18.2 Å². The Bertz CT molecular complexity index is 638. The normalized spacial score (nSPS) is 10.6. The molecular weight excluding hydrogens is 293 g/mol. The molecule has 0 unspecified atom stereocenters. The maximum absolute atomic E-state index is 13.1. The smallest absolute Gasteiger partial charge is 0.488 e. The molecule has 0 spiro atoms. The fraction of sp³-hybridized carbons (Fsp3) is 0.200. The molecule has 0 saturated carbocycles. The van der Waals surface area contributed by atoms with Crippen LogP contribution in [0.5, 0.6) is 5.75 Å². The van der Waals surface area contributed by atoms with E-state index >= 15 is 0 Å². The second-order valence-electron chi connectivity index (χ2n) is 4.88. The molecule has 0 saturated heterocycles. The number of hydrogen-bond donors (Lipinski definition) is 2. The Balaban J connectivity index is 2.21. The van der Waals surface area contributed by atoms with Gasteiger partial charge in [0, 0.05) is 5.02 Å². The summed E-state index contributed by atoms with van der Waals surface area (Å²) in [7, 11) is -1.74. The van der Waals surface area contributed by atoms with E-state index < -0.39 is 12.9 Å². The minimum atomic E-state index is -1.74. The molecule has 21 heavy (non-hydrogen) atoms. The summed E-state index contributed by atoms with van der Waals surface area (Å²) in [6, 6.07) is 7.41. The molecule has 0 aliphatic carbocycles. The average Bonchev–Trinajstić information content (AvgIpc) is 2.43. The SMILES string of the molecule is Cc1cc(OCc2ccc(F)cc2B(O)O)cc(C)c1Cl. The zero-order valence-electron chi connectivity index (χ0n) is 11.7. The summed E-state index contributed by atoms with van der Waals surface area (Å²) in [6.45, 7) is 3.86. The molecule has 0 aromatic heterocycles. The van der Waals surface area contributed by atoms with Gasteiger partial charge >= 0.3 is 7.12 Å². The van der Waals surface area contributed by atoms with Crippen LogP contribution in [-0.4, -0.2) is 17.2 Å². The molecule has 0 radical (unpaired) electrons. The molecule has 0 aliphatic rings. The van der Waals surface area contributed by atoms with Gasteiger partial charge in [-0.15, -0.1) is 0 Å². The van der Waals surface area contributed by atoms with Gasteiger partial charge in [-0.3, -0.25) is 0 Å². The first-order chi connectivity index (χ1) is 9.88. The van der Waals surface area contributed by atoms with Crippen molar-refractivity contribution in [1.29, 1.82) is 0 Å². The zero-order chi connectivity index (χ0) is 15.6. The topological polar surface area (TPSA) is 49.7 Å². The lowest BCUT2D eigenvalue weighted by Crippen LogP contribution is -2.34. The fourth-order valence-electron chi connectivity index (χ4n) is 2.09. The minimum Gasteiger partial charge on any atom is -0.489 e. The van der Waals surface area contributed by atoms with Gasteiger partial charge in [-0.2, -0.15) is 0 Å². The predicted octanol–water partition coefficient (Wildman–Crippen LogP) is 2.35. The summed E-state index contributed by atoms with van der Waals surface area (Å²) in [5, 5.41) is 19.2. The monoisotopic (exact) mass is 308 g/mol. The lowest BCUT2D eigenvalue weighted by atomic mass is 9.77. The summed E-state index contributed by atoms with van der Waals surface area (Å²) in [5.74, 6) is 0.0946. The predicted molar refractivity (Wildman–Crippen MR) is 81.5 cm³/mol. The lowest BCUT2D eigenvalue weighted by Gasteiger charge is -2.13. The average molecular weight is 309 g/mol. The van der Waals surface area contributed by atoms with Crippen molar-refractivity contribution < 1.29 is 19.2 Å². The van der Waals surface area contributed by atoms with Crippen molar-refractivity contribution in [3.8, 4) is 5.75 Å². The van der Waals surface area contributed by atoms with Gasteiger partial charge in [0.25, 0.3) is 0 Å². The van der Waals surface area contributed by atoms with Gasteiger partial charge in [-0.05, 0) is 60.3 Å². The second-order valence-corrected chi connectivity index (χ2v) is 5.25. The molecule has 6 heteroatoms. The number of benzene rings is 2. The van der Waals surface area contributed by atoms with E-state index in [1.165, 1.54) is 12.1 Å². The van der Waals surface area contributed by atoms with E-state index in [2.05, 4.69) is 0 Å². The van der Waals surface area contributed by atoms with Crippen LogP contribution in [0.1, 0.15) is 16.7 Å². The highest BCUT2D eigenvalue weighted by Crippen LogP contribution is 2.26. The molecule has 2 aromatic rings. The van der Waals surface area contributed by atoms with Crippen LogP contribution in [0, 0.1) is 19.7 Å². The van der Waals surface area contributed by atoms with E-state index in [4.69, 9.17) is 16.3 Å². The first kappa shape index (κ1) is 15.8. The minimum absolute atomic E-state index is 0.0948. The number of aryl methyl sites for hydroxylation is 2. The first-order valence-electron chi connectivity index (χ1n) is 6.42. The van der Waals surface area contributed by atoms with Crippen LogP contribution in [0.3, 0.4) is 0 Å². The Morgan fingerprint density at radius 2 is 1.76 bits per heavy atom. The lowest BCUT2D eigenvalue weighted by molar-refractivity contribution is 0.306. The van der Waals surface area contributed by atoms with Gasteiger partial charge < -0.3 is 14.8 Å². The van der Waals surface area contributed by atoms with Crippen molar-refractivity contribution in [2.75, 3.05) is 0 Å². The van der Waals surface area contributed by atoms with Crippen molar-refractivity contribution in [3.63, 3.8) is 0 Å². The summed E-state index contributed by atoms with van der Waals surface area (Å²) < 4.78 is 18.8. The van der Waals surface area contributed by atoms with E-state index in [0.29, 0.717) is 16.3 Å². The van der Waals surface area contributed by atoms with Gasteiger partial charge in [-0.1, -0.05) is 17.7 Å². The van der Waals surface area contributed by atoms with Gasteiger partial charge in [0.2, 0.25) is 0 Å². The third-order valence-corrected chi connectivity index (χ3v) is 3.79. The number of hydrogen-bond acceptors (Lipinski definition) is 3. The third-order valence-electron chi connectivity index (χ3n) is 3.19. The Kier molecular flexibility index (Phi) is 4.88. The molecule has 0 atom stereocenters. The van der Waals surface area contributed by atoms with E-state index in [1.54, 1.807) is 12.1 Å². The molecule has 110 valence electrons. The highest BCUT2D eigenvalue weighted by atomic mass is 35.5. The van der Waals surface area contributed by atoms with E-state index in [-0.39, 0.29) is 12.1 Å². The highest BCUT2D eigenvalue weighted by molar-refractivity contribution is 6.59. The van der Waals surface area contributed by atoms with Crippen LogP contribution in [0.25, 0.3) is 0 Å². The molecule has 3 nitrogen and oxygen atoms in total. The molecule has 0 heterocycles. The summed E-state index contributed by atoms with van der Waals surface area (Å²) >= 11 is 6.09. The van der Waals surface area contributed by atoms with E-state index in [9.17, 15) is 14.4 Å². The first-order valence-corrected chi connectivity index (χ1v) is 6.80. The van der Waals surface area contributed by atoms with Crippen LogP contribution in [-0.2, 0) is 6.61 Å². The Labute approximate surface area is 128 Å². The van der Waals surface area contributed by atoms with Crippen molar-refractivity contribution in [3.05, 3.63) is 57.9 Å². The van der Waals surface area contributed by atoms with Gasteiger partial charge in [0.15, 0.2) is 0 Å². The van der Waals surface area contributed by atoms with Gasteiger partial charge in [0.05, 0.1) is 0 Å². The summed E-state index contributed by atoms with van der Waals surface area (Å²) in [5.41, 5.74) is 2.40. The van der Waals surface area contributed by atoms with E-state index in [1.807, 2.05) is 13.8 Å². The molecule has 0 aliphatic heterocycles. The quantitative estimate of drug-likeness (QED) is 0.853. The summed E-state index contributed by atoms with van der Waals surface area (Å²) in [6.07, 6.45) is 0. The molecule has 2 N–H and O–H groups in total. The maximum atomic E-state index is 13.1. The zero-order valence-corrected chi connectivity index (χ0v) is 12.5. The molecular formula is C15H15BClFO3. The van der Waals surface area contributed by atoms with E-state index in [0.717, 1.165) is 17.2 Å². The molecule has 2 rings (SSSR count). The largest absolute Gasteiger partial charge is 0.489 e. The Morgan fingerprint density at radius 1 is 1.14 bits per heavy atom. The molecule has 2 aromatic carbocycles. The number of rotatable bonds is 4. The summed E-state index contributed by atoms with van der Waals surface area (Å²) in [4.78, 5) is 0. The van der Waals surface area contributed by atoms with Crippen LogP contribution >= 0.6 is 11.6 Å². The van der Waals surface area contributed by atoms with Crippen LogP contribution in [0.4, 0.5) is 4.39 Å². The number of halogens is 2. The number of ether oxygens (including phenoxy) is 1. The fourth-order valence-corrected chi connectivity index (χ4v) is 2.20. The van der Waals surface area contributed by atoms with Crippen LogP contribution < -0.4 is 10.2 Å².